The van der Waals surface area contributed by atoms with E-state index in [1.165, 1.54) is 0 Å². The number of hydrogen-bond acceptors (Lipinski definition) is 4. The van der Waals surface area contributed by atoms with E-state index in [1.54, 1.807) is 12.1 Å². The Bertz CT molecular complexity index is 430. The molecule has 0 spiro atoms. The Morgan fingerprint density at radius 2 is 2.16 bits per heavy atom. The van der Waals surface area contributed by atoms with Gasteiger partial charge in [0.1, 0.15) is 6.10 Å². The van der Waals surface area contributed by atoms with Crippen LogP contribution in [0.3, 0.4) is 0 Å². The van der Waals surface area contributed by atoms with Gasteiger partial charge in [0.25, 0.3) is 0 Å². The third kappa shape index (κ3) is 3.60. The van der Waals surface area contributed by atoms with Crippen LogP contribution in [0.4, 0.5) is 0 Å². The van der Waals surface area contributed by atoms with Gasteiger partial charge in [0, 0.05) is 19.0 Å². The lowest BCUT2D eigenvalue weighted by atomic mass is 9.90. The number of hydrogen-bond donors (Lipinski definition) is 3. The molecule has 0 saturated carbocycles. The summed E-state index contributed by atoms with van der Waals surface area (Å²) < 4.78 is 5.64. The summed E-state index contributed by atoms with van der Waals surface area (Å²) >= 11 is 11.9. The van der Waals surface area contributed by atoms with Gasteiger partial charge in [-0.3, -0.25) is 0 Å². The highest BCUT2D eigenvalue weighted by atomic mass is 35.5. The maximum absolute atomic E-state index is 9.90. The number of halogens is 2. The van der Waals surface area contributed by atoms with Crippen molar-refractivity contribution in [2.45, 2.75) is 18.1 Å². The first-order chi connectivity index (χ1) is 9.13. The Morgan fingerprint density at radius 3 is 2.84 bits per heavy atom. The van der Waals surface area contributed by atoms with E-state index in [2.05, 4.69) is 5.32 Å². The minimum absolute atomic E-state index is 0.0839. The first kappa shape index (κ1) is 15.0. The molecule has 2 rings (SSSR count). The highest BCUT2D eigenvalue weighted by molar-refractivity contribution is 6.42. The van der Waals surface area contributed by atoms with Crippen LogP contribution < -0.4 is 5.32 Å². The number of benzene rings is 1. The lowest BCUT2D eigenvalue weighted by Gasteiger charge is -2.28. The van der Waals surface area contributed by atoms with Crippen molar-refractivity contribution in [3.05, 3.63) is 33.8 Å². The summed E-state index contributed by atoms with van der Waals surface area (Å²) in [5.41, 5.74) is 0.932. The van der Waals surface area contributed by atoms with E-state index >= 15 is 0 Å². The molecule has 1 aromatic carbocycles. The van der Waals surface area contributed by atoms with Crippen LogP contribution in [0.5, 0.6) is 0 Å². The normalized spacial score (nSPS) is 25.9. The lowest BCUT2D eigenvalue weighted by Crippen LogP contribution is -2.38. The highest BCUT2D eigenvalue weighted by Crippen LogP contribution is 2.30. The van der Waals surface area contributed by atoms with Crippen molar-refractivity contribution in [3.8, 4) is 0 Å². The number of nitrogens with one attached hydrogen (secondary N) is 1. The van der Waals surface area contributed by atoms with Gasteiger partial charge in [0.05, 0.1) is 29.4 Å². The van der Waals surface area contributed by atoms with Gasteiger partial charge in [-0.2, -0.15) is 0 Å². The van der Waals surface area contributed by atoms with Crippen LogP contribution >= 0.6 is 23.2 Å². The quantitative estimate of drug-likeness (QED) is 0.790. The zero-order valence-electron chi connectivity index (χ0n) is 10.4. The zero-order chi connectivity index (χ0) is 13.8. The van der Waals surface area contributed by atoms with Crippen LogP contribution in [0.2, 0.25) is 10.0 Å². The van der Waals surface area contributed by atoms with Gasteiger partial charge in [0.2, 0.25) is 0 Å². The van der Waals surface area contributed by atoms with Crippen molar-refractivity contribution >= 4 is 23.2 Å². The standard InChI is InChI=1S/C13H17Cl2NO3/c14-10-2-1-8(5-11(10)15)9-6-16-3-4-19-13(9)12(18)7-17/h1-2,5,9,12-13,16-18H,3-4,6-7H2/t9?,12-,13+/m0/s1. The van der Waals surface area contributed by atoms with Gasteiger partial charge in [0.15, 0.2) is 0 Å². The predicted molar refractivity (Wildman–Crippen MR) is 74.9 cm³/mol. The van der Waals surface area contributed by atoms with Gasteiger partial charge in [-0.15, -0.1) is 0 Å². The molecule has 106 valence electrons. The highest BCUT2D eigenvalue weighted by Gasteiger charge is 2.31. The fourth-order valence-electron chi connectivity index (χ4n) is 2.29. The summed E-state index contributed by atoms with van der Waals surface area (Å²) in [4.78, 5) is 0. The van der Waals surface area contributed by atoms with Crippen molar-refractivity contribution in [2.75, 3.05) is 26.3 Å². The zero-order valence-corrected chi connectivity index (χ0v) is 11.9. The maximum Gasteiger partial charge on any atom is 0.104 e. The molecular weight excluding hydrogens is 289 g/mol. The smallest absolute Gasteiger partial charge is 0.104 e. The number of aliphatic hydroxyl groups excluding tert-OH is 2. The molecule has 19 heavy (non-hydrogen) atoms. The third-order valence-corrected chi connectivity index (χ3v) is 4.03. The molecule has 4 nitrogen and oxygen atoms in total. The van der Waals surface area contributed by atoms with Crippen molar-refractivity contribution in [2.24, 2.45) is 0 Å². The number of ether oxygens (including phenoxy) is 1. The van der Waals surface area contributed by atoms with Gasteiger partial charge in [-0.05, 0) is 17.7 Å². The van der Waals surface area contributed by atoms with Crippen LogP contribution in [-0.2, 0) is 4.74 Å². The van der Waals surface area contributed by atoms with E-state index in [1.807, 2.05) is 6.07 Å². The molecular formula is C13H17Cl2NO3. The van der Waals surface area contributed by atoms with Crippen LogP contribution in [0.15, 0.2) is 18.2 Å². The molecule has 1 aromatic rings. The summed E-state index contributed by atoms with van der Waals surface area (Å²) in [6.45, 7) is 1.54. The summed E-state index contributed by atoms with van der Waals surface area (Å²) in [6, 6.07) is 5.38. The van der Waals surface area contributed by atoms with E-state index in [0.29, 0.717) is 29.7 Å². The fourth-order valence-corrected chi connectivity index (χ4v) is 2.60. The van der Waals surface area contributed by atoms with E-state index in [9.17, 15) is 5.11 Å². The second kappa shape index (κ2) is 6.88. The average Bonchev–Trinajstić information content (AvgIpc) is 2.66. The van der Waals surface area contributed by atoms with E-state index in [4.69, 9.17) is 33.0 Å². The summed E-state index contributed by atoms with van der Waals surface area (Å²) in [7, 11) is 0. The Morgan fingerprint density at radius 1 is 1.37 bits per heavy atom. The number of rotatable bonds is 3. The van der Waals surface area contributed by atoms with Crippen molar-refractivity contribution in [1.29, 1.82) is 0 Å². The fraction of sp³-hybridized carbons (Fsp3) is 0.538. The van der Waals surface area contributed by atoms with Crippen LogP contribution in [-0.4, -0.2) is 48.7 Å². The van der Waals surface area contributed by atoms with Crippen LogP contribution in [0, 0.1) is 0 Å². The molecule has 3 atom stereocenters. The Balaban J connectivity index is 2.28. The van der Waals surface area contributed by atoms with Crippen molar-refractivity contribution in [3.63, 3.8) is 0 Å². The van der Waals surface area contributed by atoms with Crippen molar-refractivity contribution < 1.29 is 14.9 Å². The predicted octanol–water partition coefficient (Wildman–Crippen LogP) is 1.42. The molecule has 1 saturated heterocycles. The lowest BCUT2D eigenvalue weighted by molar-refractivity contribution is -0.0609. The van der Waals surface area contributed by atoms with E-state index in [0.717, 1.165) is 5.56 Å². The number of aliphatic hydroxyl groups is 2. The molecule has 3 N–H and O–H groups in total. The summed E-state index contributed by atoms with van der Waals surface area (Å²) in [5.74, 6) is -0.0839. The molecule has 1 aliphatic heterocycles. The van der Waals surface area contributed by atoms with Crippen LogP contribution in [0.1, 0.15) is 11.5 Å². The molecule has 0 aromatic heterocycles. The first-order valence-electron chi connectivity index (χ1n) is 6.19. The first-order valence-corrected chi connectivity index (χ1v) is 6.95. The topological polar surface area (TPSA) is 61.7 Å². The molecule has 0 aliphatic carbocycles. The molecule has 0 radical (unpaired) electrons. The monoisotopic (exact) mass is 305 g/mol. The maximum atomic E-state index is 9.90. The Hall–Kier alpha value is -0.360. The molecule has 1 unspecified atom stereocenters. The molecule has 1 heterocycles. The minimum atomic E-state index is -0.917. The largest absolute Gasteiger partial charge is 0.394 e. The van der Waals surface area contributed by atoms with E-state index in [-0.39, 0.29) is 12.5 Å². The molecule has 6 heteroatoms. The molecule has 1 fully saturated rings. The SMILES string of the molecule is OC[C@H](O)[C@@H]1OCCNCC1c1ccc(Cl)c(Cl)c1. The van der Waals surface area contributed by atoms with Gasteiger partial charge in [-0.25, -0.2) is 0 Å². The van der Waals surface area contributed by atoms with Gasteiger partial charge < -0.3 is 20.3 Å². The van der Waals surface area contributed by atoms with Crippen molar-refractivity contribution in [1.82, 2.24) is 5.32 Å². The molecule has 0 bridgehead atoms. The van der Waals surface area contributed by atoms with Crippen LogP contribution in [0.25, 0.3) is 0 Å². The Kier molecular flexibility index (Phi) is 5.45. The van der Waals surface area contributed by atoms with Gasteiger partial charge in [-0.1, -0.05) is 29.3 Å². The molecule has 0 amide bonds. The minimum Gasteiger partial charge on any atom is -0.394 e. The third-order valence-electron chi connectivity index (χ3n) is 3.29. The van der Waals surface area contributed by atoms with Gasteiger partial charge >= 0.3 is 0 Å². The summed E-state index contributed by atoms with van der Waals surface area (Å²) in [6.07, 6.45) is -1.38. The van der Waals surface area contributed by atoms with E-state index < -0.39 is 12.2 Å². The second-order valence-electron chi connectivity index (χ2n) is 4.57. The molecule has 1 aliphatic rings. The Labute approximate surface area is 122 Å². The second-order valence-corrected chi connectivity index (χ2v) is 5.38. The summed E-state index contributed by atoms with van der Waals surface area (Å²) in [5, 5.41) is 23.3. The average molecular weight is 306 g/mol.